The molecule has 2 atom stereocenters. The van der Waals surface area contributed by atoms with Crippen LogP contribution in [0.4, 0.5) is 0 Å². The Morgan fingerprint density at radius 1 is 0.394 bits per heavy atom. The molecular formula is C57H112NO8+. The molecule has 9 nitrogen and oxygen atoms in total. The normalized spacial score (nSPS) is 12.7. The highest BCUT2D eigenvalue weighted by molar-refractivity contribution is 5.71. The minimum atomic E-state index is -1.50. The zero-order valence-electron chi connectivity index (χ0n) is 44.6. The number of aliphatic carboxylic acids is 1. The van der Waals surface area contributed by atoms with Gasteiger partial charge in [0.15, 0.2) is 6.10 Å². The van der Waals surface area contributed by atoms with Gasteiger partial charge in [-0.25, -0.2) is 4.79 Å². The molecule has 0 heterocycles. The van der Waals surface area contributed by atoms with Crippen molar-refractivity contribution in [3.8, 4) is 0 Å². The van der Waals surface area contributed by atoms with Crippen LogP contribution in [0.3, 0.4) is 0 Å². The Balaban J connectivity index is 4.03. The van der Waals surface area contributed by atoms with Crippen LogP contribution in [0.5, 0.6) is 0 Å². The van der Waals surface area contributed by atoms with Crippen LogP contribution in [-0.2, 0) is 33.3 Å². The van der Waals surface area contributed by atoms with Gasteiger partial charge < -0.3 is 28.5 Å². The predicted octanol–water partition coefficient (Wildman–Crippen LogP) is 16.4. The van der Waals surface area contributed by atoms with Gasteiger partial charge in [-0.15, -0.1) is 0 Å². The summed E-state index contributed by atoms with van der Waals surface area (Å²) >= 11 is 0. The summed E-state index contributed by atoms with van der Waals surface area (Å²) in [5.74, 6) is -1.98. The molecule has 0 bridgehead atoms. The summed E-state index contributed by atoms with van der Waals surface area (Å²) in [5.41, 5.74) is 0. The molecule has 0 fully saturated rings. The number of ether oxygens (including phenoxy) is 4. The van der Waals surface area contributed by atoms with Crippen molar-refractivity contribution in [2.45, 2.75) is 302 Å². The minimum absolute atomic E-state index is 0.173. The summed E-state index contributed by atoms with van der Waals surface area (Å²) in [6.07, 6.45) is 52.0. The number of likely N-dealkylation sites (N-methyl/N-ethyl adjacent to an activating group) is 1. The van der Waals surface area contributed by atoms with E-state index >= 15 is 0 Å². The van der Waals surface area contributed by atoms with Crippen molar-refractivity contribution in [1.82, 2.24) is 0 Å². The Kier molecular flexibility index (Phi) is 48.4. The highest BCUT2D eigenvalue weighted by Crippen LogP contribution is 2.18. The number of hydrogen-bond acceptors (Lipinski definition) is 7. The smallest absolute Gasteiger partial charge is 0.361 e. The van der Waals surface area contributed by atoms with Crippen molar-refractivity contribution in [2.24, 2.45) is 0 Å². The summed E-state index contributed by atoms with van der Waals surface area (Å²) < 4.78 is 22.8. The van der Waals surface area contributed by atoms with Crippen molar-refractivity contribution in [2.75, 3.05) is 47.5 Å². The molecule has 0 amide bonds. The first-order chi connectivity index (χ1) is 32.1. The molecule has 0 radical (unpaired) electrons. The van der Waals surface area contributed by atoms with E-state index in [1.165, 1.54) is 225 Å². The van der Waals surface area contributed by atoms with Crippen LogP contribution in [0.15, 0.2) is 0 Å². The minimum Gasteiger partial charge on any atom is -0.477 e. The van der Waals surface area contributed by atoms with Gasteiger partial charge in [0.2, 0.25) is 0 Å². The maximum Gasteiger partial charge on any atom is 0.361 e. The van der Waals surface area contributed by atoms with Crippen LogP contribution in [0.1, 0.15) is 290 Å². The van der Waals surface area contributed by atoms with E-state index in [9.17, 15) is 19.5 Å². The second-order valence-electron chi connectivity index (χ2n) is 21.0. The molecule has 66 heavy (non-hydrogen) atoms. The van der Waals surface area contributed by atoms with Crippen molar-refractivity contribution in [3.05, 3.63) is 0 Å². The second-order valence-corrected chi connectivity index (χ2v) is 21.0. The average molecular weight is 940 g/mol. The van der Waals surface area contributed by atoms with Crippen LogP contribution < -0.4 is 0 Å². The number of nitrogens with zero attached hydrogens (tertiary/aromatic N) is 1. The fraction of sp³-hybridized carbons (Fsp3) is 0.947. The number of carboxylic acids is 1. The van der Waals surface area contributed by atoms with Gasteiger partial charge in [0.1, 0.15) is 13.2 Å². The zero-order chi connectivity index (χ0) is 48.4. The lowest BCUT2D eigenvalue weighted by Crippen LogP contribution is -2.40. The number of quaternary nitrogens is 1. The van der Waals surface area contributed by atoms with E-state index in [1.54, 1.807) is 0 Å². The van der Waals surface area contributed by atoms with Gasteiger partial charge in [0.05, 0.1) is 34.4 Å². The lowest BCUT2D eigenvalue weighted by Gasteiger charge is -2.25. The van der Waals surface area contributed by atoms with E-state index in [2.05, 4.69) is 13.8 Å². The number of hydrogen-bond donors (Lipinski definition) is 1. The van der Waals surface area contributed by atoms with Gasteiger partial charge in [0.25, 0.3) is 6.29 Å². The maximum absolute atomic E-state index is 12.8. The summed E-state index contributed by atoms with van der Waals surface area (Å²) in [7, 11) is 5.97. The summed E-state index contributed by atoms with van der Waals surface area (Å²) in [6.45, 7) is 4.92. The van der Waals surface area contributed by atoms with E-state index < -0.39 is 18.4 Å². The van der Waals surface area contributed by atoms with Crippen molar-refractivity contribution in [1.29, 1.82) is 0 Å². The van der Waals surface area contributed by atoms with Crippen molar-refractivity contribution >= 4 is 17.9 Å². The van der Waals surface area contributed by atoms with Crippen LogP contribution in [0, 0.1) is 0 Å². The maximum atomic E-state index is 12.8. The molecule has 0 aliphatic carbocycles. The summed E-state index contributed by atoms with van der Waals surface area (Å²) in [5, 5.41) is 9.67. The van der Waals surface area contributed by atoms with E-state index in [4.69, 9.17) is 18.9 Å². The highest BCUT2D eigenvalue weighted by Gasteiger charge is 2.25. The number of carbonyl (C=O) groups is 3. The molecule has 1 N–H and O–H groups in total. The quantitative estimate of drug-likeness (QED) is 0.0278. The van der Waals surface area contributed by atoms with Crippen LogP contribution >= 0.6 is 0 Å². The van der Waals surface area contributed by atoms with Crippen LogP contribution in [0.2, 0.25) is 0 Å². The van der Waals surface area contributed by atoms with Gasteiger partial charge in [0, 0.05) is 12.8 Å². The predicted molar refractivity (Wildman–Crippen MR) is 277 cm³/mol. The molecule has 0 saturated heterocycles. The van der Waals surface area contributed by atoms with Gasteiger partial charge in [-0.1, -0.05) is 264 Å². The first kappa shape index (κ1) is 64.3. The first-order valence-electron chi connectivity index (χ1n) is 28.7. The van der Waals surface area contributed by atoms with Crippen LogP contribution in [-0.4, -0.2) is 87.4 Å². The molecule has 0 aliphatic heterocycles. The molecule has 2 unspecified atom stereocenters. The molecule has 9 heteroatoms. The molecule has 0 aromatic rings. The number of esters is 2. The monoisotopic (exact) mass is 939 g/mol. The van der Waals surface area contributed by atoms with Crippen molar-refractivity contribution in [3.63, 3.8) is 0 Å². The Hall–Kier alpha value is -1.71. The topological polar surface area (TPSA) is 108 Å². The van der Waals surface area contributed by atoms with E-state index in [1.807, 2.05) is 21.1 Å². The second kappa shape index (κ2) is 49.7. The third-order valence-corrected chi connectivity index (χ3v) is 13.1. The SMILES string of the molecule is CCCCCCCCCCCCCCCCCCCCCCCCCCCCCCCCC(=O)OC(COC(=O)CCCCCCCCCCCCC)COC(OCC[N+](C)(C)C)C(=O)O. The highest BCUT2D eigenvalue weighted by atomic mass is 16.7. The summed E-state index contributed by atoms with van der Waals surface area (Å²) in [6, 6.07) is 0. The molecule has 0 aromatic heterocycles. The lowest BCUT2D eigenvalue weighted by molar-refractivity contribution is -0.870. The molecule has 0 rings (SSSR count). The van der Waals surface area contributed by atoms with Crippen LogP contribution in [0.25, 0.3) is 0 Å². The third kappa shape index (κ3) is 50.2. The van der Waals surface area contributed by atoms with Crippen molar-refractivity contribution < 1.29 is 42.9 Å². The number of carbonyl (C=O) groups excluding carboxylic acids is 2. The number of rotatable bonds is 54. The summed E-state index contributed by atoms with van der Waals surface area (Å²) in [4.78, 5) is 37.2. The Labute approximate surface area is 409 Å². The first-order valence-corrected chi connectivity index (χ1v) is 28.7. The third-order valence-electron chi connectivity index (χ3n) is 13.1. The number of carboxylic acid groups (broad SMARTS) is 1. The van der Waals surface area contributed by atoms with E-state index in [-0.39, 0.29) is 38.2 Å². The largest absolute Gasteiger partial charge is 0.477 e. The standard InChI is InChI=1S/C57H111NO8/c1-6-8-10-12-14-16-18-19-20-21-22-23-24-25-26-27-28-29-30-31-32-33-34-35-36-38-40-42-44-46-48-55(60)66-53(52-65-57(56(61)62)63-50-49-58(3,4)5)51-64-54(59)47-45-43-41-39-37-17-15-13-11-9-7-2/h53,57H,6-52H2,1-5H3/p+1. The molecule has 0 spiro atoms. The fourth-order valence-corrected chi connectivity index (χ4v) is 8.66. The molecule has 0 aromatic carbocycles. The molecule has 392 valence electrons. The van der Waals surface area contributed by atoms with Gasteiger partial charge in [-0.05, 0) is 12.8 Å². The lowest BCUT2D eigenvalue weighted by atomic mass is 10.0. The van der Waals surface area contributed by atoms with Gasteiger partial charge >= 0.3 is 17.9 Å². The van der Waals surface area contributed by atoms with Gasteiger partial charge in [-0.3, -0.25) is 9.59 Å². The van der Waals surface area contributed by atoms with E-state index in [0.29, 0.717) is 17.4 Å². The Morgan fingerprint density at radius 3 is 0.970 bits per heavy atom. The van der Waals surface area contributed by atoms with Gasteiger partial charge in [-0.2, -0.15) is 0 Å². The Morgan fingerprint density at radius 2 is 0.682 bits per heavy atom. The van der Waals surface area contributed by atoms with E-state index in [0.717, 1.165) is 38.5 Å². The number of unbranched alkanes of at least 4 members (excludes halogenated alkanes) is 39. The fourth-order valence-electron chi connectivity index (χ4n) is 8.66. The zero-order valence-corrected chi connectivity index (χ0v) is 44.6. The molecule has 0 aliphatic rings. The molecular weight excluding hydrogens is 827 g/mol. The Bertz CT molecular complexity index is 1050. The molecule has 0 saturated carbocycles. The average Bonchev–Trinajstić information content (AvgIpc) is 3.28.